The van der Waals surface area contributed by atoms with Crippen LogP contribution in [0, 0.1) is 5.41 Å². The van der Waals surface area contributed by atoms with Crippen LogP contribution in [0.2, 0.25) is 5.02 Å². The number of halogens is 1. The molecule has 1 fully saturated rings. The zero-order valence-electron chi connectivity index (χ0n) is 15.1. The smallest absolute Gasteiger partial charge is 0.253 e. The SMILES string of the molecule is NC(=O)C[C@@]1(COc2ccccc2)CCCN(C(=O)c2ccc(Cl)cc2)C1. The van der Waals surface area contributed by atoms with E-state index in [-0.39, 0.29) is 18.2 Å². The number of carbonyl (C=O) groups is 2. The summed E-state index contributed by atoms with van der Waals surface area (Å²) >= 11 is 5.91. The number of ether oxygens (including phenoxy) is 1. The predicted octanol–water partition coefficient (Wildman–Crippen LogP) is 3.52. The van der Waals surface area contributed by atoms with Crippen molar-refractivity contribution in [2.24, 2.45) is 11.1 Å². The molecule has 2 N–H and O–H groups in total. The lowest BCUT2D eigenvalue weighted by Gasteiger charge is -2.42. The number of nitrogens with zero attached hydrogens (tertiary/aromatic N) is 1. The highest BCUT2D eigenvalue weighted by atomic mass is 35.5. The number of nitrogens with two attached hydrogens (primary N) is 1. The van der Waals surface area contributed by atoms with Crippen molar-refractivity contribution < 1.29 is 14.3 Å². The van der Waals surface area contributed by atoms with Crippen LogP contribution in [0.1, 0.15) is 29.6 Å². The zero-order valence-corrected chi connectivity index (χ0v) is 15.8. The molecule has 0 radical (unpaired) electrons. The molecule has 0 saturated carbocycles. The second-order valence-electron chi connectivity index (χ2n) is 7.08. The Morgan fingerprint density at radius 2 is 1.81 bits per heavy atom. The minimum Gasteiger partial charge on any atom is -0.493 e. The first-order chi connectivity index (χ1) is 13.0. The van der Waals surface area contributed by atoms with Gasteiger partial charge in [-0.1, -0.05) is 29.8 Å². The molecule has 5 nitrogen and oxygen atoms in total. The average Bonchev–Trinajstić information content (AvgIpc) is 2.67. The highest BCUT2D eigenvalue weighted by Gasteiger charge is 2.39. The standard InChI is InChI=1S/C21H23ClN2O3/c22-17-9-7-16(8-10-17)20(26)24-12-4-11-21(14-24,13-19(23)25)15-27-18-5-2-1-3-6-18/h1-3,5-10H,4,11-15H2,(H2,23,25)/t21-/m0/s1. The average molecular weight is 387 g/mol. The lowest BCUT2D eigenvalue weighted by atomic mass is 9.77. The normalized spacial score (nSPS) is 19.5. The van der Waals surface area contributed by atoms with Gasteiger partial charge in [0, 0.05) is 35.5 Å². The van der Waals surface area contributed by atoms with Gasteiger partial charge in [-0.05, 0) is 49.2 Å². The third-order valence-corrected chi connectivity index (χ3v) is 5.13. The van der Waals surface area contributed by atoms with Gasteiger partial charge in [0.1, 0.15) is 5.75 Å². The fraction of sp³-hybridized carbons (Fsp3) is 0.333. The largest absolute Gasteiger partial charge is 0.493 e. The summed E-state index contributed by atoms with van der Waals surface area (Å²) < 4.78 is 5.94. The summed E-state index contributed by atoms with van der Waals surface area (Å²) in [6.07, 6.45) is 1.77. The van der Waals surface area contributed by atoms with Crippen molar-refractivity contribution in [3.05, 3.63) is 65.2 Å². The number of para-hydroxylation sites is 1. The zero-order chi connectivity index (χ0) is 19.3. The van der Waals surface area contributed by atoms with E-state index in [1.807, 2.05) is 30.3 Å². The van der Waals surface area contributed by atoms with Gasteiger partial charge in [-0.3, -0.25) is 9.59 Å². The molecule has 0 aliphatic carbocycles. The summed E-state index contributed by atoms with van der Waals surface area (Å²) in [5.41, 5.74) is 5.61. The summed E-state index contributed by atoms with van der Waals surface area (Å²) in [4.78, 5) is 26.4. The summed E-state index contributed by atoms with van der Waals surface area (Å²) in [6, 6.07) is 16.3. The van der Waals surface area contributed by atoms with Crippen LogP contribution in [0.15, 0.2) is 54.6 Å². The highest BCUT2D eigenvalue weighted by Crippen LogP contribution is 2.35. The van der Waals surface area contributed by atoms with Gasteiger partial charge in [-0.2, -0.15) is 0 Å². The van der Waals surface area contributed by atoms with E-state index < -0.39 is 5.41 Å². The van der Waals surface area contributed by atoms with Gasteiger partial charge in [0.2, 0.25) is 5.91 Å². The Labute approximate surface area is 164 Å². The van der Waals surface area contributed by atoms with E-state index in [0.717, 1.165) is 18.6 Å². The second-order valence-corrected chi connectivity index (χ2v) is 7.52. The lowest BCUT2D eigenvalue weighted by Crippen LogP contribution is -2.50. The molecule has 2 aromatic carbocycles. The maximum absolute atomic E-state index is 12.9. The first-order valence-electron chi connectivity index (χ1n) is 8.98. The lowest BCUT2D eigenvalue weighted by molar-refractivity contribution is -0.122. The summed E-state index contributed by atoms with van der Waals surface area (Å²) in [5.74, 6) is 0.287. The maximum atomic E-state index is 12.9. The van der Waals surface area contributed by atoms with Gasteiger partial charge in [-0.15, -0.1) is 0 Å². The first-order valence-corrected chi connectivity index (χ1v) is 9.36. The number of hydrogen-bond donors (Lipinski definition) is 1. The molecule has 0 aromatic heterocycles. The van der Waals surface area contributed by atoms with Crippen molar-refractivity contribution in [3.63, 3.8) is 0 Å². The highest BCUT2D eigenvalue weighted by molar-refractivity contribution is 6.30. The van der Waals surface area contributed by atoms with Crippen molar-refractivity contribution in [2.45, 2.75) is 19.3 Å². The van der Waals surface area contributed by atoms with Crippen molar-refractivity contribution in [3.8, 4) is 5.75 Å². The number of piperidine rings is 1. The van der Waals surface area contributed by atoms with Crippen molar-refractivity contribution >= 4 is 23.4 Å². The molecule has 2 aromatic rings. The van der Waals surface area contributed by atoms with E-state index >= 15 is 0 Å². The van der Waals surface area contributed by atoms with Crippen LogP contribution in [0.25, 0.3) is 0 Å². The van der Waals surface area contributed by atoms with Crippen LogP contribution >= 0.6 is 11.6 Å². The fourth-order valence-corrected chi connectivity index (χ4v) is 3.72. The monoisotopic (exact) mass is 386 g/mol. The van der Waals surface area contributed by atoms with Crippen molar-refractivity contribution in [1.82, 2.24) is 4.90 Å². The third kappa shape index (κ3) is 5.01. The van der Waals surface area contributed by atoms with Crippen LogP contribution in [0.4, 0.5) is 0 Å². The molecule has 0 unspecified atom stereocenters. The Bertz CT molecular complexity index is 795. The molecule has 1 aliphatic rings. The Hall–Kier alpha value is -2.53. The van der Waals surface area contributed by atoms with Gasteiger partial charge in [0.15, 0.2) is 0 Å². The van der Waals surface area contributed by atoms with Gasteiger partial charge < -0.3 is 15.4 Å². The molecular weight excluding hydrogens is 364 g/mol. The second kappa shape index (κ2) is 8.44. The summed E-state index contributed by atoms with van der Waals surface area (Å²) in [5, 5.41) is 0.588. The molecule has 6 heteroatoms. The molecule has 1 saturated heterocycles. The molecule has 0 spiro atoms. The Morgan fingerprint density at radius 1 is 1.11 bits per heavy atom. The Kier molecular flexibility index (Phi) is 6.01. The van der Waals surface area contributed by atoms with Crippen LogP contribution in [-0.4, -0.2) is 36.4 Å². The molecule has 3 rings (SSSR count). The van der Waals surface area contributed by atoms with Crippen LogP contribution in [0.5, 0.6) is 5.75 Å². The molecule has 142 valence electrons. The quantitative estimate of drug-likeness (QED) is 0.825. The van der Waals surface area contributed by atoms with Gasteiger partial charge in [0.25, 0.3) is 5.91 Å². The number of amides is 2. The molecule has 27 heavy (non-hydrogen) atoms. The minimum absolute atomic E-state index is 0.0695. The molecule has 2 amide bonds. The van der Waals surface area contributed by atoms with Crippen LogP contribution in [0.3, 0.4) is 0 Å². The predicted molar refractivity (Wildman–Crippen MR) is 105 cm³/mol. The number of benzene rings is 2. The molecule has 0 bridgehead atoms. The number of hydrogen-bond acceptors (Lipinski definition) is 3. The number of carbonyl (C=O) groups excluding carboxylic acids is 2. The van der Waals surface area contributed by atoms with Crippen LogP contribution < -0.4 is 10.5 Å². The number of primary amides is 1. The maximum Gasteiger partial charge on any atom is 0.253 e. The number of likely N-dealkylation sites (tertiary alicyclic amines) is 1. The Morgan fingerprint density at radius 3 is 2.48 bits per heavy atom. The van der Waals surface area contributed by atoms with E-state index in [9.17, 15) is 9.59 Å². The van der Waals surface area contributed by atoms with E-state index in [1.165, 1.54) is 0 Å². The van der Waals surface area contributed by atoms with Crippen molar-refractivity contribution in [2.75, 3.05) is 19.7 Å². The van der Waals surface area contributed by atoms with E-state index in [1.54, 1.807) is 29.2 Å². The van der Waals surface area contributed by atoms with Crippen LogP contribution in [-0.2, 0) is 4.79 Å². The minimum atomic E-state index is -0.484. The molecular formula is C21H23ClN2O3. The third-order valence-electron chi connectivity index (χ3n) is 4.88. The molecule has 1 aliphatic heterocycles. The van der Waals surface area contributed by atoms with E-state index in [2.05, 4.69) is 0 Å². The summed E-state index contributed by atoms with van der Waals surface area (Å²) in [6.45, 7) is 1.42. The molecule has 1 atom stereocenters. The Balaban J connectivity index is 1.75. The van der Waals surface area contributed by atoms with Gasteiger partial charge >= 0.3 is 0 Å². The van der Waals surface area contributed by atoms with Crippen molar-refractivity contribution in [1.29, 1.82) is 0 Å². The number of rotatable bonds is 6. The van der Waals surface area contributed by atoms with E-state index in [4.69, 9.17) is 22.1 Å². The van der Waals surface area contributed by atoms with Gasteiger partial charge in [0.05, 0.1) is 6.61 Å². The topological polar surface area (TPSA) is 72.6 Å². The molecule has 1 heterocycles. The van der Waals surface area contributed by atoms with E-state index in [0.29, 0.717) is 30.3 Å². The summed E-state index contributed by atoms with van der Waals surface area (Å²) in [7, 11) is 0. The van der Waals surface area contributed by atoms with Gasteiger partial charge in [-0.25, -0.2) is 0 Å². The fourth-order valence-electron chi connectivity index (χ4n) is 3.59. The first kappa shape index (κ1) is 19.2.